The fourth-order valence-electron chi connectivity index (χ4n) is 2.18. The maximum Gasteiger partial charge on any atom is 0.251 e. The Balaban J connectivity index is 1.92. The number of benzene rings is 1. The SMILES string of the molecule is COCCC(C)NC(=O)c1cccc(COc2ccc(C)nc2)c1. The van der Waals surface area contributed by atoms with Gasteiger partial charge in [-0.25, -0.2) is 0 Å². The van der Waals surface area contributed by atoms with Crippen LogP contribution in [0.4, 0.5) is 0 Å². The van der Waals surface area contributed by atoms with Gasteiger partial charge in [-0.2, -0.15) is 0 Å². The first-order valence-electron chi connectivity index (χ1n) is 8.02. The van der Waals surface area contributed by atoms with Crippen molar-refractivity contribution in [1.82, 2.24) is 10.3 Å². The molecule has 1 unspecified atom stereocenters. The lowest BCUT2D eigenvalue weighted by molar-refractivity contribution is 0.0929. The van der Waals surface area contributed by atoms with E-state index in [1.165, 1.54) is 0 Å². The Labute approximate surface area is 143 Å². The summed E-state index contributed by atoms with van der Waals surface area (Å²) in [7, 11) is 1.65. The topological polar surface area (TPSA) is 60.5 Å². The standard InChI is InChI=1S/C19H24N2O3/c1-14-7-8-18(12-20-14)24-13-16-5-4-6-17(11-16)19(22)21-15(2)9-10-23-3/h4-8,11-12,15H,9-10,13H2,1-3H3,(H,21,22). The van der Waals surface area contributed by atoms with Gasteiger partial charge in [0.1, 0.15) is 12.4 Å². The van der Waals surface area contributed by atoms with Crippen LogP contribution in [-0.4, -0.2) is 30.6 Å². The molecular weight excluding hydrogens is 304 g/mol. The largest absolute Gasteiger partial charge is 0.487 e. The van der Waals surface area contributed by atoms with Crippen molar-refractivity contribution in [2.75, 3.05) is 13.7 Å². The predicted molar refractivity (Wildman–Crippen MR) is 93.2 cm³/mol. The molecule has 1 aromatic carbocycles. The van der Waals surface area contributed by atoms with E-state index in [9.17, 15) is 4.79 Å². The summed E-state index contributed by atoms with van der Waals surface area (Å²) in [4.78, 5) is 16.5. The number of hydrogen-bond acceptors (Lipinski definition) is 4. The average molecular weight is 328 g/mol. The van der Waals surface area contributed by atoms with Crippen molar-refractivity contribution in [3.8, 4) is 5.75 Å². The zero-order chi connectivity index (χ0) is 17.4. The number of pyridine rings is 1. The van der Waals surface area contributed by atoms with Gasteiger partial charge in [-0.3, -0.25) is 9.78 Å². The molecule has 5 heteroatoms. The smallest absolute Gasteiger partial charge is 0.251 e. The van der Waals surface area contributed by atoms with Crippen LogP contribution in [0.1, 0.15) is 35.0 Å². The fraction of sp³-hybridized carbons (Fsp3) is 0.368. The molecule has 0 saturated carbocycles. The lowest BCUT2D eigenvalue weighted by Gasteiger charge is -2.14. The molecule has 2 rings (SSSR count). The second kappa shape index (κ2) is 9.03. The second-order valence-corrected chi connectivity index (χ2v) is 5.78. The third kappa shape index (κ3) is 5.66. The van der Waals surface area contributed by atoms with E-state index in [-0.39, 0.29) is 11.9 Å². The highest BCUT2D eigenvalue weighted by molar-refractivity contribution is 5.94. The minimum absolute atomic E-state index is 0.0657. The molecule has 1 amide bonds. The van der Waals surface area contributed by atoms with E-state index in [0.29, 0.717) is 24.5 Å². The zero-order valence-electron chi connectivity index (χ0n) is 14.4. The maximum atomic E-state index is 12.3. The van der Waals surface area contributed by atoms with E-state index in [0.717, 1.165) is 17.7 Å². The van der Waals surface area contributed by atoms with Gasteiger partial charge in [0.15, 0.2) is 0 Å². The van der Waals surface area contributed by atoms with Gasteiger partial charge >= 0.3 is 0 Å². The van der Waals surface area contributed by atoms with Gasteiger partial charge in [-0.1, -0.05) is 12.1 Å². The van der Waals surface area contributed by atoms with Crippen LogP contribution < -0.4 is 10.1 Å². The first kappa shape index (κ1) is 17.9. The highest BCUT2D eigenvalue weighted by atomic mass is 16.5. The van der Waals surface area contributed by atoms with Gasteiger partial charge in [0.05, 0.1) is 6.20 Å². The van der Waals surface area contributed by atoms with Crippen molar-refractivity contribution in [3.63, 3.8) is 0 Å². The predicted octanol–water partition coefficient (Wildman–Crippen LogP) is 3.12. The summed E-state index contributed by atoms with van der Waals surface area (Å²) in [5, 5.41) is 2.97. The molecule has 0 radical (unpaired) electrons. The molecular formula is C19H24N2O3. The lowest BCUT2D eigenvalue weighted by atomic mass is 10.1. The number of carbonyl (C=O) groups is 1. The number of hydrogen-bond donors (Lipinski definition) is 1. The van der Waals surface area contributed by atoms with Gasteiger partial charge in [0.25, 0.3) is 5.91 Å². The van der Waals surface area contributed by atoms with E-state index in [4.69, 9.17) is 9.47 Å². The number of methoxy groups -OCH3 is 1. The number of amides is 1. The number of aryl methyl sites for hydroxylation is 1. The van der Waals surface area contributed by atoms with Gasteiger partial charge in [-0.05, 0) is 50.1 Å². The molecule has 1 atom stereocenters. The van der Waals surface area contributed by atoms with Gasteiger partial charge < -0.3 is 14.8 Å². The van der Waals surface area contributed by atoms with Crippen molar-refractivity contribution >= 4 is 5.91 Å². The molecule has 0 spiro atoms. The second-order valence-electron chi connectivity index (χ2n) is 5.78. The minimum atomic E-state index is -0.0857. The van der Waals surface area contributed by atoms with Crippen LogP contribution >= 0.6 is 0 Å². The summed E-state index contributed by atoms with van der Waals surface area (Å²) < 4.78 is 10.7. The fourth-order valence-corrected chi connectivity index (χ4v) is 2.18. The molecule has 128 valence electrons. The maximum absolute atomic E-state index is 12.3. The monoisotopic (exact) mass is 328 g/mol. The molecule has 2 aromatic rings. The molecule has 1 N–H and O–H groups in total. The summed E-state index contributed by atoms with van der Waals surface area (Å²) in [6.45, 7) is 4.92. The number of nitrogens with one attached hydrogen (secondary N) is 1. The van der Waals surface area contributed by atoms with E-state index in [1.54, 1.807) is 19.4 Å². The Morgan fingerprint density at radius 2 is 2.12 bits per heavy atom. The Kier molecular flexibility index (Phi) is 6.75. The number of ether oxygens (including phenoxy) is 2. The van der Waals surface area contributed by atoms with Crippen LogP contribution in [0, 0.1) is 6.92 Å². The minimum Gasteiger partial charge on any atom is -0.487 e. The van der Waals surface area contributed by atoms with E-state index in [1.807, 2.05) is 44.2 Å². The number of carbonyl (C=O) groups excluding carboxylic acids is 1. The summed E-state index contributed by atoms with van der Waals surface area (Å²) in [6, 6.07) is 11.3. The lowest BCUT2D eigenvalue weighted by Crippen LogP contribution is -2.33. The van der Waals surface area contributed by atoms with Crippen LogP contribution in [0.25, 0.3) is 0 Å². The first-order valence-corrected chi connectivity index (χ1v) is 8.02. The molecule has 5 nitrogen and oxygen atoms in total. The zero-order valence-corrected chi connectivity index (χ0v) is 14.4. The van der Waals surface area contributed by atoms with E-state index >= 15 is 0 Å². The average Bonchev–Trinajstić information content (AvgIpc) is 2.59. The Morgan fingerprint density at radius 1 is 1.29 bits per heavy atom. The summed E-state index contributed by atoms with van der Waals surface area (Å²) in [6.07, 6.45) is 2.48. The van der Waals surface area contributed by atoms with Crippen LogP contribution in [0.2, 0.25) is 0 Å². The molecule has 0 aliphatic heterocycles. The van der Waals surface area contributed by atoms with Gasteiger partial charge in [0, 0.05) is 31.0 Å². The number of nitrogens with zero attached hydrogens (tertiary/aromatic N) is 1. The third-order valence-corrected chi connectivity index (χ3v) is 3.61. The van der Waals surface area contributed by atoms with Crippen molar-refractivity contribution in [2.24, 2.45) is 0 Å². The summed E-state index contributed by atoms with van der Waals surface area (Å²) in [5.41, 5.74) is 2.51. The molecule has 1 heterocycles. The van der Waals surface area contributed by atoms with Gasteiger partial charge in [0.2, 0.25) is 0 Å². The molecule has 0 aliphatic rings. The summed E-state index contributed by atoms with van der Waals surface area (Å²) in [5.74, 6) is 0.626. The Bertz CT molecular complexity index is 656. The molecule has 0 aliphatic carbocycles. The molecule has 0 fully saturated rings. The normalized spacial score (nSPS) is 11.8. The Morgan fingerprint density at radius 3 is 2.83 bits per heavy atom. The first-order chi connectivity index (χ1) is 11.6. The molecule has 0 saturated heterocycles. The van der Waals surface area contributed by atoms with Crippen molar-refractivity contribution in [3.05, 3.63) is 59.4 Å². The molecule has 24 heavy (non-hydrogen) atoms. The van der Waals surface area contributed by atoms with Crippen molar-refractivity contribution in [2.45, 2.75) is 32.9 Å². The summed E-state index contributed by atoms with van der Waals surface area (Å²) >= 11 is 0. The van der Waals surface area contributed by atoms with Gasteiger partial charge in [-0.15, -0.1) is 0 Å². The Hall–Kier alpha value is -2.40. The molecule has 1 aromatic heterocycles. The van der Waals surface area contributed by atoms with Crippen LogP contribution in [0.15, 0.2) is 42.6 Å². The van der Waals surface area contributed by atoms with E-state index < -0.39 is 0 Å². The third-order valence-electron chi connectivity index (χ3n) is 3.61. The van der Waals surface area contributed by atoms with E-state index in [2.05, 4.69) is 10.3 Å². The van der Waals surface area contributed by atoms with Crippen molar-refractivity contribution < 1.29 is 14.3 Å². The highest BCUT2D eigenvalue weighted by Crippen LogP contribution is 2.13. The molecule has 0 bridgehead atoms. The van der Waals surface area contributed by atoms with Crippen molar-refractivity contribution in [1.29, 1.82) is 0 Å². The number of rotatable bonds is 8. The van der Waals surface area contributed by atoms with Crippen LogP contribution in [0.3, 0.4) is 0 Å². The highest BCUT2D eigenvalue weighted by Gasteiger charge is 2.10. The van der Waals surface area contributed by atoms with Crippen LogP contribution in [-0.2, 0) is 11.3 Å². The quantitative estimate of drug-likeness (QED) is 0.809. The van der Waals surface area contributed by atoms with Crippen LogP contribution in [0.5, 0.6) is 5.75 Å². The number of aromatic nitrogens is 1.